The quantitative estimate of drug-likeness (QED) is 0.468. The summed E-state index contributed by atoms with van der Waals surface area (Å²) < 4.78 is 16.1. The summed E-state index contributed by atoms with van der Waals surface area (Å²) in [7, 11) is 0. The average molecular weight is 352 g/mol. The van der Waals surface area contributed by atoms with E-state index in [9.17, 15) is 9.59 Å². The van der Waals surface area contributed by atoms with E-state index in [1.807, 2.05) is 36.4 Å². The smallest absolute Gasteiger partial charge is 0.348 e. The summed E-state index contributed by atoms with van der Waals surface area (Å²) in [6, 6.07) is 17.2. The first-order valence-electron chi connectivity index (χ1n) is 8.39. The first kappa shape index (κ1) is 17.7. The monoisotopic (exact) mass is 352 g/mol. The van der Waals surface area contributed by atoms with Crippen molar-refractivity contribution in [2.45, 2.75) is 26.1 Å². The third kappa shape index (κ3) is 4.30. The number of benzene rings is 2. The van der Waals surface area contributed by atoms with Gasteiger partial charge in [0.15, 0.2) is 0 Å². The van der Waals surface area contributed by atoms with Gasteiger partial charge in [-0.05, 0) is 17.7 Å². The van der Waals surface area contributed by atoms with E-state index in [2.05, 4.69) is 0 Å². The fourth-order valence-corrected chi connectivity index (χ4v) is 2.59. The van der Waals surface area contributed by atoms with Gasteiger partial charge in [0.05, 0.1) is 6.61 Å². The Labute approximate surface area is 152 Å². The van der Waals surface area contributed by atoms with Gasteiger partial charge in [-0.25, -0.2) is 9.59 Å². The lowest BCUT2D eigenvalue weighted by Crippen LogP contribution is -2.41. The van der Waals surface area contributed by atoms with Gasteiger partial charge in [0.2, 0.25) is 0 Å². The van der Waals surface area contributed by atoms with E-state index in [4.69, 9.17) is 14.2 Å². The van der Waals surface area contributed by atoms with Crippen molar-refractivity contribution in [3.8, 4) is 5.75 Å². The Bertz CT molecular complexity index is 814. The van der Waals surface area contributed by atoms with Gasteiger partial charge in [-0.3, -0.25) is 0 Å². The SMILES string of the molecule is CC1(C)OC(=O)C(=Cc2ccccc2OCCc2ccccc2)C(=O)O1. The molecule has 0 aromatic heterocycles. The van der Waals surface area contributed by atoms with Crippen LogP contribution in [-0.2, 0) is 25.5 Å². The molecule has 1 fully saturated rings. The second-order valence-corrected chi connectivity index (χ2v) is 6.36. The number of rotatable bonds is 5. The summed E-state index contributed by atoms with van der Waals surface area (Å²) in [5.41, 5.74) is 1.64. The van der Waals surface area contributed by atoms with Gasteiger partial charge in [-0.1, -0.05) is 48.5 Å². The highest BCUT2D eigenvalue weighted by atomic mass is 16.7. The number of esters is 2. The molecule has 26 heavy (non-hydrogen) atoms. The zero-order valence-electron chi connectivity index (χ0n) is 14.7. The number of carbonyl (C=O) groups excluding carboxylic acids is 2. The van der Waals surface area contributed by atoms with Crippen LogP contribution in [0, 0.1) is 0 Å². The number of hydrogen-bond acceptors (Lipinski definition) is 5. The molecule has 2 aromatic carbocycles. The second kappa shape index (κ2) is 7.44. The molecule has 1 saturated heterocycles. The third-order valence-corrected chi connectivity index (χ3v) is 3.83. The molecule has 0 aliphatic carbocycles. The molecule has 1 aliphatic rings. The van der Waals surface area contributed by atoms with Crippen molar-refractivity contribution >= 4 is 18.0 Å². The summed E-state index contributed by atoms with van der Waals surface area (Å²) in [4.78, 5) is 24.2. The van der Waals surface area contributed by atoms with Crippen molar-refractivity contribution < 1.29 is 23.8 Å². The Hall–Kier alpha value is -3.08. The molecule has 134 valence electrons. The maximum Gasteiger partial charge on any atom is 0.348 e. The molecule has 0 bridgehead atoms. The van der Waals surface area contributed by atoms with E-state index in [1.54, 1.807) is 18.2 Å². The summed E-state index contributed by atoms with van der Waals surface area (Å²) in [6.07, 6.45) is 2.20. The van der Waals surface area contributed by atoms with Gasteiger partial charge in [-0.2, -0.15) is 0 Å². The van der Waals surface area contributed by atoms with Gasteiger partial charge in [0, 0.05) is 25.8 Å². The molecular formula is C21H20O5. The highest BCUT2D eigenvalue weighted by Crippen LogP contribution is 2.27. The number of para-hydroxylation sites is 1. The van der Waals surface area contributed by atoms with Crippen LogP contribution in [0.5, 0.6) is 5.75 Å². The molecule has 2 aromatic rings. The van der Waals surface area contributed by atoms with E-state index in [-0.39, 0.29) is 5.57 Å². The Kier molecular flexibility index (Phi) is 5.07. The topological polar surface area (TPSA) is 61.8 Å². The fourth-order valence-electron chi connectivity index (χ4n) is 2.59. The predicted molar refractivity (Wildman–Crippen MR) is 96.3 cm³/mol. The summed E-state index contributed by atoms with van der Waals surface area (Å²) in [6.45, 7) is 3.51. The van der Waals surface area contributed by atoms with Gasteiger partial charge in [-0.15, -0.1) is 0 Å². The molecule has 1 aliphatic heterocycles. The average Bonchev–Trinajstić information content (AvgIpc) is 2.59. The van der Waals surface area contributed by atoms with E-state index in [0.717, 1.165) is 6.42 Å². The Balaban J connectivity index is 1.75. The predicted octanol–water partition coefficient (Wildman–Crippen LogP) is 3.53. The zero-order chi connectivity index (χ0) is 18.6. The van der Waals surface area contributed by atoms with Crippen LogP contribution in [0.25, 0.3) is 6.08 Å². The summed E-state index contributed by atoms with van der Waals surface area (Å²) >= 11 is 0. The number of cyclic esters (lactones) is 2. The lowest BCUT2D eigenvalue weighted by atomic mass is 10.1. The molecule has 0 amide bonds. The van der Waals surface area contributed by atoms with E-state index < -0.39 is 17.7 Å². The zero-order valence-corrected chi connectivity index (χ0v) is 14.7. The van der Waals surface area contributed by atoms with Crippen LogP contribution in [-0.4, -0.2) is 24.3 Å². The van der Waals surface area contributed by atoms with Crippen molar-refractivity contribution in [2.24, 2.45) is 0 Å². The van der Waals surface area contributed by atoms with Crippen LogP contribution in [0.3, 0.4) is 0 Å². The van der Waals surface area contributed by atoms with Crippen LogP contribution in [0.4, 0.5) is 0 Å². The van der Waals surface area contributed by atoms with Crippen LogP contribution in [0.2, 0.25) is 0 Å². The highest BCUT2D eigenvalue weighted by Gasteiger charge is 2.38. The standard InChI is InChI=1S/C21H20O5/c1-21(2)25-19(22)17(20(23)26-21)14-16-10-6-7-11-18(16)24-13-12-15-8-4-3-5-9-15/h3-11,14H,12-13H2,1-2H3. The molecule has 0 spiro atoms. The lowest BCUT2D eigenvalue weighted by molar-refractivity contribution is -0.222. The maximum absolute atomic E-state index is 12.1. The first-order chi connectivity index (χ1) is 12.4. The molecule has 0 unspecified atom stereocenters. The van der Waals surface area contributed by atoms with Gasteiger partial charge in [0.1, 0.15) is 11.3 Å². The minimum Gasteiger partial charge on any atom is -0.493 e. The minimum atomic E-state index is -1.25. The van der Waals surface area contributed by atoms with Crippen LogP contribution >= 0.6 is 0 Å². The van der Waals surface area contributed by atoms with Crippen LogP contribution in [0.15, 0.2) is 60.2 Å². The Morgan fingerprint density at radius 1 is 0.923 bits per heavy atom. The van der Waals surface area contributed by atoms with Gasteiger partial charge < -0.3 is 14.2 Å². The molecule has 0 N–H and O–H groups in total. The van der Waals surface area contributed by atoms with Gasteiger partial charge in [0.25, 0.3) is 5.79 Å². The normalized spacial score (nSPS) is 15.8. The van der Waals surface area contributed by atoms with Crippen molar-refractivity contribution in [2.75, 3.05) is 6.61 Å². The highest BCUT2D eigenvalue weighted by molar-refractivity contribution is 6.19. The van der Waals surface area contributed by atoms with E-state index in [1.165, 1.54) is 25.5 Å². The molecule has 3 rings (SSSR count). The van der Waals surface area contributed by atoms with Crippen molar-refractivity contribution in [3.63, 3.8) is 0 Å². The third-order valence-electron chi connectivity index (χ3n) is 3.83. The van der Waals surface area contributed by atoms with Crippen molar-refractivity contribution in [3.05, 3.63) is 71.3 Å². The molecule has 1 heterocycles. The molecule has 5 nitrogen and oxygen atoms in total. The number of carbonyl (C=O) groups is 2. The number of hydrogen-bond donors (Lipinski definition) is 0. The molecular weight excluding hydrogens is 332 g/mol. The molecule has 0 saturated carbocycles. The first-order valence-corrected chi connectivity index (χ1v) is 8.39. The largest absolute Gasteiger partial charge is 0.493 e. The molecule has 5 heteroatoms. The Morgan fingerprint density at radius 2 is 1.54 bits per heavy atom. The summed E-state index contributed by atoms with van der Waals surface area (Å²) in [5.74, 6) is -2.07. The second-order valence-electron chi connectivity index (χ2n) is 6.36. The maximum atomic E-state index is 12.1. The van der Waals surface area contributed by atoms with Gasteiger partial charge >= 0.3 is 11.9 Å². The molecule has 0 atom stereocenters. The fraction of sp³-hybridized carbons (Fsp3) is 0.238. The van der Waals surface area contributed by atoms with Crippen LogP contribution in [0.1, 0.15) is 25.0 Å². The summed E-state index contributed by atoms with van der Waals surface area (Å²) in [5, 5.41) is 0. The molecule has 0 radical (unpaired) electrons. The number of ether oxygens (including phenoxy) is 3. The van der Waals surface area contributed by atoms with E-state index in [0.29, 0.717) is 17.9 Å². The van der Waals surface area contributed by atoms with Crippen LogP contribution < -0.4 is 4.74 Å². The van der Waals surface area contributed by atoms with Crippen molar-refractivity contribution in [1.29, 1.82) is 0 Å². The Morgan fingerprint density at radius 3 is 2.23 bits per heavy atom. The minimum absolute atomic E-state index is 0.150. The van der Waals surface area contributed by atoms with E-state index >= 15 is 0 Å². The van der Waals surface area contributed by atoms with Crippen molar-refractivity contribution in [1.82, 2.24) is 0 Å². The lowest BCUT2D eigenvalue weighted by Gasteiger charge is -2.29.